The second-order valence-corrected chi connectivity index (χ2v) is 3.00. The Morgan fingerprint density at radius 2 is 1.75 bits per heavy atom. The summed E-state index contributed by atoms with van der Waals surface area (Å²) in [7, 11) is 0. The lowest BCUT2D eigenvalue weighted by molar-refractivity contribution is -0.114. The van der Waals surface area contributed by atoms with Crippen molar-refractivity contribution in [3.63, 3.8) is 0 Å². The lowest BCUT2D eigenvalue weighted by Gasteiger charge is -2.04. The van der Waals surface area contributed by atoms with Gasteiger partial charge < -0.3 is 11.1 Å². The van der Waals surface area contributed by atoms with Crippen LogP contribution in [0.3, 0.4) is 0 Å². The second-order valence-electron chi connectivity index (χ2n) is 3.00. The van der Waals surface area contributed by atoms with Gasteiger partial charge >= 0.3 is 0 Å². The fourth-order valence-electron chi connectivity index (χ4n) is 1.12. The van der Waals surface area contributed by atoms with Crippen molar-refractivity contribution in [3.05, 3.63) is 35.9 Å². The Bertz CT molecular complexity index is 353. The van der Waals surface area contributed by atoms with E-state index in [1.807, 2.05) is 51.1 Å². The molecule has 3 N–H and O–H groups in total. The third-order valence-corrected chi connectivity index (χ3v) is 1.85. The number of hydrogen-bond acceptors (Lipinski definition) is 2. The summed E-state index contributed by atoms with van der Waals surface area (Å²) in [5, 5.41) is 2.69. The summed E-state index contributed by atoms with van der Waals surface area (Å²) in [5.41, 5.74) is 8.20. The van der Waals surface area contributed by atoms with Crippen LogP contribution in [0.2, 0.25) is 0 Å². The lowest BCUT2D eigenvalue weighted by atomic mass is 10.1. The van der Waals surface area contributed by atoms with Gasteiger partial charge in [-0.05, 0) is 24.6 Å². The van der Waals surface area contributed by atoms with Crippen molar-refractivity contribution in [2.45, 2.75) is 27.7 Å². The zero-order valence-electron chi connectivity index (χ0n) is 10.4. The van der Waals surface area contributed by atoms with Crippen LogP contribution < -0.4 is 11.1 Å². The molecule has 88 valence electrons. The monoisotopic (exact) mass is 220 g/mol. The summed E-state index contributed by atoms with van der Waals surface area (Å²) >= 11 is 0. The molecule has 0 aliphatic rings. The van der Waals surface area contributed by atoms with Crippen LogP contribution in [0.4, 0.5) is 5.69 Å². The molecule has 1 aromatic carbocycles. The molecule has 1 rings (SSSR count). The fourth-order valence-corrected chi connectivity index (χ4v) is 1.12. The predicted octanol–water partition coefficient (Wildman–Crippen LogP) is 2.99. The highest BCUT2D eigenvalue weighted by molar-refractivity contribution is 5.88. The molecule has 0 saturated heterocycles. The highest BCUT2D eigenvalue weighted by Gasteiger charge is 1.97. The van der Waals surface area contributed by atoms with E-state index in [0.29, 0.717) is 0 Å². The van der Waals surface area contributed by atoms with Gasteiger partial charge in [-0.15, -0.1) is 0 Å². The normalized spacial score (nSPS) is 10.1. The quantitative estimate of drug-likeness (QED) is 0.805. The second kappa shape index (κ2) is 7.51. The van der Waals surface area contributed by atoms with E-state index < -0.39 is 0 Å². The van der Waals surface area contributed by atoms with Crippen LogP contribution in [0.5, 0.6) is 0 Å². The molecule has 0 bridgehead atoms. The van der Waals surface area contributed by atoms with Gasteiger partial charge in [-0.3, -0.25) is 4.79 Å². The third-order valence-electron chi connectivity index (χ3n) is 1.85. The molecule has 0 spiro atoms. The minimum atomic E-state index is -0.0724. The number of carbonyl (C=O) groups is 1. The molecule has 0 atom stereocenters. The molecule has 0 aliphatic heterocycles. The predicted molar refractivity (Wildman–Crippen MR) is 69.9 cm³/mol. The zero-order valence-corrected chi connectivity index (χ0v) is 10.4. The molecule has 0 aliphatic carbocycles. The van der Waals surface area contributed by atoms with Crippen molar-refractivity contribution >= 4 is 17.3 Å². The minimum absolute atomic E-state index is 0.0724. The summed E-state index contributed by atoms with van der Waals surface area (Å²) in [6, 6.07) is 7.40. The Morgan fingerprint density at radius 1 is 1.25 bits per heavy atom. The molecular weight excluding hydrogens is 200 g/mol. The lowest BCUT2D eigenvalue weighted by Crippen LogP contribution is -2.05. The molecule has 0 unspecified atom stereocenters. The summed E-state index contributed by atoms with van der Waals surface area (Å²) in [6.07, 6.45) is 1.84. The number of allylic oxidation sites excluding steroid dienone is 1. The van der Waals surface area contributed by atoms with Crippen molar-refractivity contribution in [1.82, 2.24) is 0 Å². The number of nitrogens with one attached hydrogen (secondary N) is 1. The Labute approximate surface area is 97.4 Å². The molecule has 1 amide bonds. The zero-order chi connectivity index (χ0) is 12.6. The van der Waals surface area contributed by atoms with Gasteiger partial charge in [-0.1, -0.05) is 32.1 Å². The summed E-state index contributed by atoms with van der Waals surface area (Å²) in [5.74, 6) is -0.0724. The smallest absolute Gasteiger partial charge is 0.221 e. The van der Waals surface area contributed by atoms with Crippen LogP contribution in [0, 0.1) is 0 Å². The molecule has 1 aromatic rings. The fraction of sp³-hybridized carbons (Fsp3) is 0.308. The SMILES string of the molecule is C/C=C(\N)c1ccc(NC(C)=O)cc1.CC. The number of rotatable bonds is 2. The number of hydrogen-bond donors (Lipinski definition) is 2. The van der Waals surface area contributed by atoms with Gasteiger partial charge in [0.05, 0.1) is 0 Å². The maximum atomic E-state index is 10.7. The van der Waals surface area contributed by atoms with Gasteiger partial charge in [-0.2, -0.15) is 0 Å². The van der Waals surface area contributed by atoms with Gasteiger partial charge in [0.2, 0.25) is 5.91 Å². The van der Waals surface area contributed by atoms with E-state index in [9.17, 15) is 4.79 Å². The van der Waals surface area contributed by atoms with Crippen LogP contribution in [-0.2, 0) is 4.79 Å². The Hall–Kier alpha value is -1.77. The van der Waals surface area contributed by atoms with Gasteiger partial charge in [0.15, 0.2) is 0 Å². The Balaban J connectivity index is 0.00000106. The van der Waals surface area contributed by atoms with Crippen LogP contribution >= 0.6 is 0 Å². The summed E-state index contributed by atoms with van der Waals surface area (Å²) in [4.78, 5) is 10.7. The Morgan fingerprint density at radius 3 is 2.12 bits per heavy atom. The minimum Gasteiger partial charge on any atom is -0.399 e. The van der Waals surface area contributed by atoms with Crippen molar-refractivity contribution < 1.29 is 4.79 Å². The van der Waals surface area contributed by atoms with Crippen molar-refractivity contribution in [2.24, 2.45) is 5.73 Å². The average molecular weight is 220 g/mol. The first-order valence-corrected chi connectivity index (χ1v) is 5.43. The van der Waals surface area contributed by atoms with Crippen molar-refractivity contribution in [2.75, 3.05) is 5.32 Å². The third kappa shape index (κ3) is 4.64. The average Bonchev–Trinajstić information content (AvgIpc) is 2.31. The van der Waals surface area contributed by atoms with Gasteiger partial charge in [-0.25, -0.2) is 0 Å². The summed E-state index contributed by atoms with van der Waals surface area (Å²) < 4.78 is 0. The summed E-state index contributed by atoms with van der Waals surface area (Å²) in [6.45, 7) is 7.37. The van der Waals surface area contributed by atoms with E-state index in [1.165, 1.54) is 6.92 Å². The van der Waals surface area contributed by atoms with E-state index in [4.69, 9.17) is 5.73 Å². The largest absolute Gasteiger partial charge is 0.399 e. The van der Waals surface area contributed by atoms with Gasteiger partial charge in [0.25, 0.3) is 0 Å². The highest BCUT2D eigenvalue weighted by atomic mass is 16.1. The molecule has 3 nitrogen and oxygen atoms in total. The molecule has 0 fully saturated rings. The number of nitrogens with two attached hydrogens (primary N) is 1. The number of carbonyl (C=O) groups excluding carboxylic acids is 1. The molecule has 16 heavy (non-hydrogen) atoms. The van der Waals surface area contributed by atoms with Gasteiger partial charge in [0.1, 0.15) is 0 Å². The van der Waals surface area contributed by atoms with Gasteiger partial charge in [0, 0.05) is 18.3 Å². The van der Waals surface area contributed by atoms with Crippen LogP contribution in [0.15, 0.2) is 30.3 Å². The standard InChI is InChI=1S/C11H14N2O.C2H6/c1-3-11(12)9-4-6-10(7-5-9)13-8(2)14;1-2/h3-7H,12H2,1-2H3,(H,13,14);1-2H3/b11-3-;. The maximum Gasteiger partial charge on any atom is 0.221 e. The topological polar surface area (TPSA) is 55.1 Å². The van der Waals surface area contributed by atoms with E-state index in [-0.39, 0.29) is 5.91 Å². The number of amides is 1. The molecular formula is C13H20N2O. The van der Waals surface area contributed by atoms with E-state index >= 15 is 0 Å². The first-order chi connectivity index (χ1) is 7.63. The van der Waals surface area contributed by atoms with Crippen molar-refractivity contribution in [1.29, 1.82) is 0 Å². The molecule has 0 radical (unpaired) electrons. The van der Waals surface area contributed by atoms with Crippen LogP contribution in [-0.4, -0.2) is 5.91 Å². The van der Waals surface area contributed by atoms with E-state index in [0.717, 1.165) is 16.9 Å². The molecule has 0 aromatic heterocycles. The highest BCUT2D eigenvalue weighted by Crippen LogP contribution is 2.13. The Kier molecular flexibility index (Phi) is 6.68. The van der Waals surface area contributed by atoms with E-state index in [2.05, 4.69) is 5.32 Å². The maximum absolute atomic E-state index is 10.7. The number of benzene rings is 1. The molecule has 0 saturated carbocycles. The molecule has 0 heterocycles. The van der Waals surface area contributed by atoms with Crippen molar-refractivity contribution in [3.8, 4) is 0 Å². The van der Waals surface area contributed by atoms with Crippen LogP contribution in [0.25, 0.3) is 5.70 Å². The first kappa shape index (κ1) is 14.2. The molecule has 3 heteroatoms. The number of anilines is 1. The first-order valence-electron chi connectivity index (χ1n) is 5.43. The van der Waals surface area contributed by atoms with Crippen LogP contribution in [0.1, 0.15) is 33.3 Å². The van der Waals surface area contributed by atoms with E-state index in [1.54, 1.807) is 0 Å².